The fraction of sp³-hybridized carbons (Fsp3) is 0.442. The number of aliphatic hydroxyl groups is 1. The van der Waals surface area contributed by atoms with Gasteiger partial charge in [0, 0.05) is 37.1 Å². The van der Waals surface area contributed by atoms with Gasteiger partial charge in [-0.05, 0) is 101 Å². The van der Waals surface area contributed by atoms with E-state index in [4.69, 9.17) is 29.4 Å². The van der Waals surface area contributed by atoms with Crippen LogP contribution in [0.25, 0.3) is 0 Å². The number of nitrogens with two attached hydrogens (primary N) is 1. The summed E-state index contributed by atoms with van der Waals surface area (Å²) in [5, 5.41) is 29.8. The molecule has 3 aromatic rings. The van der Waals surface area contributed by atoms with Crippen molar-refractivity contribution in [3.63, 3.8) is 0 Å². The molecule has 5 amide bonds. The van der Waals surface area contributed by atoms with Crippen LogP contribution in [0, 0.1) is 5.41 Å². The molecule has 3 heterocycles. The van der Waals surface area contributed by atoms with Crippen molar-refractivity contribution in [1.82, 2.24) is 15.5 Å². The van der Waals surface area contributed by atoms with Crippen LogP contribution in [-0.2, 0) is 25.7 Å². The van der Waals surface area contributed by atoms with Gasteiger partial charge in [0.25, 0.3) is 11.8 Å². The second-order valence-electron chi connectivity index (χ2n) is 18.3. The van der Waals surface area contributed by atoms with Crippen molar-refractivity contribution in [1.29, 1.82) is 0 Å². The van der Waals surface area contributed by atoms with E-state index < -0.39 is 53.5 Å². The summed E-state index contributed by atoms with van der Waals surface area (Å²) in [6.07, 6.45) is 4.47. The molecule has 0 unspecified atom stereocenters. The molecule has 72 heavy (non-hydrogen) atoms. The van der Waals surface area contributed by atoms with Crippen LogP contribution < -0.4 is 45.5 Å². The van der Waals surface area contributed by atoms with Crippen LogP contribution in [0.3, 0.4) is 0 Å². The summed E-state index contributed by atoms with van der Waals surface area (Å²) < 4.78 is 29.3. The van der Waals surface area contributed by atoms with Gasteiger partial charge in [-0.3, -0.25) is 29.0 Å². The predicted molar refractivity (Wildman–Crippen MR) is 266 cm³/mol. The van der Waals surface area contributed by atoms with Crippen LogP contribution in [0.2, 0.25) is 0 Å². The fourth-order valence-electron chi connectivity index (χ4n) is 8.94. The van der Waals surface area contributed by atoms with E-state index in [1.165, 1.54) is 31.3 Å². The number of carboxylic acids is 1. The van der Waals surface area contributed by atoms with Gasteiger partial charge < -0.3 is 60.5 Å². The number of aliphatic carboxylic acids is 1. The molecule has 1 saturated heterocycles. The molecule has 0 aromatic heterocycles. The van der Waals surface area contributed by atoms with Crippen molar-refractivity contribution in [3.8, 4) is 23.0 Å². The number of benzene rings is 3. The Labute approximate surface area is 417 Å². The van der Waals surface area contributed by atoms with Gasteiger partial charge in [-0.2, -0.15) is 0 Å². The number of nitrogens with one attached hydrogen (secondary N) is 3. The number of carboxylic acid groups (broad SMARTS) is 1. The first kappa shape index (κ1) is 52.4. The number of rotatable bonds is 20. The lowest BCUT2D eigenvalue weighted by atomic mass is 9.68. The highest BCUT2D eigenvalue weighted by Gasteiger charge is 2.52. The smallest absolute Gasteiger partial charge is 0.416 e. The van der Waals surface area contributed by atoms with E-state index in [1.807, 2.05) is 0 Å². The third-order valence-corrected chi connectivity index (χ3v) is 13.3. The molecule has 1 aliphatic carbocycles. The third-order valence-electron chi connectivity index (χ3n) is 13.3. The molecule has 7 N–H and O–H groups in total. The molecule has 384 valence electrons. The monoisotopic (exact) mass is 993 g/mol. The van der Waals surface area contributed by atoms with Crippen LogP contribution >= 0.6 is 0 Å². The van der Waals surface area contributed by atoms with Crippen LogP contribution in [0.4, 0.5) is 21.9 Å². The minimum Gasteiger partial charge on any atom is -0.493 e. The number of aliphatic imine (C=N–C) groups is 1. The van der Waals surface area contributed by atoms with E-state index in [1.54, 1.807) is 42.6 Å². The summed E-state index contributed by atoms with van der Waals surface area (Å²) in [4.78, 5) is 86.5. The minimum absolute atomic E-state index is 0.0615. The number of carbonyl (C=O) groups excluding carboxylic acids is 5. The Hall–Kier alpha value is -7.45. The lowest BCUT2D eigenvalue weighted by Crippen LogP contribution is -2.55. The highest BCUT2D eigenvalue weighted by molar-refractivity contribution is 6.07. The maximum atomic E-state index is 14.1. The zero-order valence-electron chi connectivity index (χ0n) is 40.7. The normalized spacial score (nSPS) is 18.9. The predicted octanol–water partition coefficient (Wildman–Crippen LogP) is 5.78. The first-order chi connectivity index (χ1) is 34.7. The van der Waals surface area contributed by atoms with Gasteiger partial charge in [0.1, 0.15) is 18.1 Å². The number of hydrogen-bond donors (Lipinski definition) is 6. The Morgan fingerprint density at radius 3 is 2.24 bits per heavy atom. The standard InChI is InChI=1S/C52H63N7O13/c1-31-11-9-20-54-38-26-43(41(68-3)24-35(38)45(60)55-28-31)70-21-6-5-7-22-71-44-27-39-36(25-42(44)69-4)47(62)58-29-32(2)23-40(58)48(63)59(39)51(67)72-30-33-13-15-34(16-14-33)56-46(61)37(12-8-19-53)57-49(64)52(50(65)66)17-10-18-52/h13-16,20,24-27,37,40,48,63H,1-2,5-12,17-19,21-23,28-30,53H2,3-4H3,(H,55,60)(H,56,61)(H,57,64)(H,65,66)/b54-20-/t37-,40-,48-/m0/s1. The highest BCUT2D eigenvalue weighted by atomic mass is 16.6. The van der Waals surface area contributed by atoms with Gasteiger partial charge in [-0.25, -0.2) is 9.69 Å². The van der Waals surface area contributed by atoms with Gasteiger partial charge in [-0.1, -0.05) is 42.9 Å². The number of aliphatic hydroxyl groups excluding tert-OH is 1. The van der Waals surface area contributed by atoms with E-state index in [9.17, 15) is 39.0 Å². The molecular formula is C52H63N7O13. The number of nitrogens with zero attached hydrogens (tertiary/aromatic N) is 3. The summed E-state index contributed by atoms with van der Waals surface area (Å²) in [6.45, 7) is 9.16. The largest absolute Gasteiger partial charge is 0.493 e. The van der Waals surface area contributed by atoms with Crippen molar-refractivity contribution in [2.45, 2.75) is 95.5 Å². The molecular weight excluding hydrogens is 931 g/mol. The number of ether oxygens (including phenoxy) is 5. The Balaban J connectivity index is 0.982. The van der Waals surface area contributed by atoms with Crippen LogP contribution in [0.5, 0.6) is 23.0 Å². The number of hydrogen-bond acceptors (Lipinski definition) is 14. The second-order valence-corrected chi connectivity index (χ2v) is 18.3. The first-order valence-corrected chi connectivity index (χ1v) is 24.1. The maximum absolute atomic E-state index is 14.1. The van der Waals surface area contributed by atoms with Crippen molar-refractivity contribution >= 4 is 59.0 Å². The number of anilines is 2. The molecule has 7 rings (SSSR count). The Morgan fingerprint density at radius 1 is 0.917 bits per heavy atom. The molecule has 1 saturated carbocycles. The van der Waals surface area contributed by atoms with Gasteiger partial charge in [0.15, 0.2) is 29.2 Å². The van der Waals surface area contributed by atoms with Crippen molar-refractivity contribution in [2.24, 2.45) is 16.1 Å². The number of methoxy groups -OCH3 is 2. The molecule has 3 aromatic carbocycles. The molecule has 20 heteroatoms. The van der Waals surface area contributed by atoms with Crippen LogP contribution in [0.15, 0.2) is 77.8 Å². The SMILES string of the molecule is C=C1CC/C=N\c2cc(OCCCCCOc3cc4c(cc3OC)C(=O)N3CC(=C)C[C@H]3[C@H](O)N4C(=O)OCc3ccc(NC(=O)[C@H](CCCN)NC(=O)C4(C(=O)O)CCC4)cc3)c(OC)cc2C(=O)NC1. The second kappa shape index (κ2) is 23.6. The Bertz CT molecular complexity index is 2600. The lowest BCUT2D eigenvalue weighted by molar-refractivity contribution is -0.162. The Morgan fingerprint density at radius 2 is 1.60 bits per heavy atom. The summed E-state index contributed by atoms with van der Waals surface area (Å²) >= 11 is 0. The molecule has 3 aliphatic heterocycles. The summed E-state index contributed by atoms with van der Waals surface area (Å²) in [5.74, 6) is -1.87. The Kier molecular flexibility index (Phi) is 17.2. The molecule has 0 radical (unpaired) electrons. The van der Waals surface area contributed by atoms with E-state index in [0.717, 1.165) is 10.5 Å². The molecule has 2 fully saturated rings. The third kappa shape index (κ3) is 11.8. The molecule has 0 bridgehead atoms. The van der Waals surface area contributed by atoms with Crippen LogP contribution in [-0.4, -0.2) is 122 Å². The van der Waals surface area contributed by atoms with Gasteiger partial charge >= 0.3 is 12.1 Å². The molecule has 3 atom stereocenters. The van der Waals surface area contributed by atoms with E-state index >= 15 is 0 Å². The zero-order valence-corrected chi connectivity index (χ0v) is 40.7. The van der Waals surface area contributed by atoms with Gasteiger partial charge in [0.05, 0.1) is 56.0 Å². The van der Waals surface area contributed by atoms with Gasteiger partial charge in [0.2, 0.25) is 11.8 Å². The van der Waals surface area contributed by atoms with E-state index in [0.29, 0.717) is 97.7 Å². The number of fused-ring (bicyclic) bond motifs is 3. The fourth-order valence-corrected chi connectivity index (χ4v) is 8.94. The molecule has 4 aliphatic rings. The summed E-state index contributed by atoms with van der Waals surface area (Å²) in [7, 11) is 2.94. The average Bonchev–Trinajstić information content (AvgIpc) is 3.72. The topological polar surface area (TPSA) is 270 Å². The molecule has 0 spiro atoms. The lowest BCUT2D eigenvalue weighted by Gasteiger charge is -2.36. The maximum Gasteiger partial charge on any atom is 0.416 e. The van der Waals surface area contributed by atoms with E-state index in [2.05, 4.69) is 34.1 Å². The number of amides is 5. The van der Waals surface area contributed by atoms with Crippen molar-refractivity contribution in [2.75, 3.05) is 57.3 Å². The number of unbranched alkanes of at least 4 members (excludes halogenated alkanes) is 2. The highest BCUT2D eigenvalue weighted by Crippen LogP contribution is 2.43. The average molecular weight is 994 g/mol. The van der Waals surface area contributed by atoms with Crippen LogP contribution in [0.1, 0.15) is 96.9 Å². The zero-order chi connectivity index (χ0) is 51.5. The molecule has 20 nitrogen and oxygen atoms in total. The number of carbonyl (C=O) groups is 6. The quantitative estimate of drug-likeness (QED) is 0.0446. The summed E-state index contributed by atoms with van der Waals surface area (Å²) in [6, 6.07) is 10.9. The first-order valence-electron chi connectivity index (χ1n) is 24.1. The van der Waals surface area contributed by atoms with Crippen molar-refractivity contribution < 1.29 is 62.7 Å². The van der Waals surface area contributed by atoms with E-state index in [-0.39, 0.29) is 80.6 Å². The minimum atomic E-state index is -1.55. The van der Waals surface area contributed by atoms with Gasteiger partial charge in [-0.15, -0.1) is 0 Å². The summed E-state index contributed by atoms with van der Waals surface area (Å²) in [5.41, 5.74) is 7.62. The van der Waals surface area contributed by atoms with Crippen molar-refractivity contribution in [3.05, 3.63) is 89.5 Å².